The molecule has 0 aliphatic rings. The van der Waals surface area contributed by atoms with Crippen LogP contribution in [0.3, 0.4) is 0 Å². The van der Waals surface area contributed by atoms with E-state index in [1.165, 1.54) is 26.0 Å². The Morgan fingerprint density at radius 3 is 2.50 bits per heavy atom. The zero-order chi connectivity index (χ0) is 13.9. The van der Waals surface area contributed by atoms with Crippen LogP contribution in [0, 0.1) is 12.7 Å². The van der Waals surface area contributed by atoms with E-state index >= 15 is 0 Å². The van der Waals surface area contributed by atoms with E-state index in [0.717, 1.165) is 6.07 Å². The van der Waals surface area contributed by atoms with Crippen LogP contribution in [0.2, 0.25) is 0 Å². The van der Waals surface area contributed by atoms with Crippen LogP contribution in [0.4, 0.5) is 13.2 Å². The van der Waals surface area contributed by atoms with Crippen molar-refractivity contribution in [3.05, 3.63) is 35.1 Å². The molecule has 1 aromatic rings. The number of rotatable bonds is 4. The van der Waals surface area contributed by atoms with E-state index in [1.54, 1.807) is 0 Å². The number of ether oxygens (including phenoxy) is 1. The monoisotopic (exact) mass is 260 g/mol. The summed E-state index contributed by atoms with van der Waals surface area (Å²) in [5.74, 6) is -9.32. The number of esters is 1. The van der Waals surface area contributed by atoms with E-state index in [-0.39, 0.29) is 12.2 Å². The van der Waals surface area contributed by atoms with E-state index in [0.29, 0.717) is 0 Å². The van der Waals surface area contributed by atoms with Crippen LogP contribution in [0.1, 0.15) is 22.8 Å². The first kappa shape index (κ1) is 14.2. The predicted octanol–water partition coefficient (Wildman–Crippen LogP) is 2.52. The third-order valence-electron chi connectivity index (χ3n) is 2.25. The highest BCUT2D eigenvalue weighted by atomic mass is 19.3. The van der Waals surface area contributed by atoms with Crippen LogP contribution in [0.5, 0.6) is 0 Å². The summed E-state index contributed by atoms with van der Waals surface area (Å²) in [7, 11) is 0. The number of ketones is 1. The molecule has 0 aromatic heterocycles. The minimum atomic E-state index is -4.38. The molecule has 0 aliphatic heterocycles. The number of hydrogen-bond acceptors (Lipinski definition) is 3. The van der Waals surface area contributed by atoms with Gasteiger partial charge in [-0.05, 0) is 25.5 Å². The van der Waals surface area contributed by atoms with Gasteiger partial charge in [0.1, 0.15) is 5.82 Å². The zero-order valence-electron chi connectivity index (χ0n) is 9.80. The highest BCUT2D eigenvalue weighted by Gasteiger charge is 2.50. The van der Waals surface area contributed by atoms with Crippen LogP contribution >= 0.6 is 0 Å². The normalized spacial score (nSPS) is 11.2. The maximum absolute atomic E-state index is 13.5. The lowest BCUT2D eigenvalue weighted by Crippen LogP contribution is -2.39. The van der Waals surface area contributed by atoms with Crippen LogP contribution in [-0.2, 0) is 9.53 Å². The summed E-state index contributed by atoms with van der Waals surface area (Å²) in [6, 6.07) is 3.49. The van der Waals surface area contributed by atoms with Crippen molar-refractivity contribution in [1.82, 2.24) is 0 Å². The minimum Gasteiger partial charge on any atom is -0.461 e. The highest BCUT2D eigenvalue weighted by Crippen LogP contribution is 2.24. The van der Waals surface area contributed by atoms with E-state index < -0.39 is 29.1 Å². The lowest BCUT2D eigenvalue weighted by atomic mass is 10.0. The van der Waals surface area contributed by atoms with Gasteiger partial charge in [-0.25, -0.2) is 9.18 Å². The van der Waals surface area contributed by atoms with Gasteiger partial charge in [0.25, 0.3) is 0 Å². The fourth-order valence-electron chi connectivity index (χ4n) is 1.31. The van der Waals surface area contributed by atoms with Crippen molar-refractivity contribution in [2.24, 2.45) is 0 Å². The summed E-state index contributed by atoms with van der Waals surface area (Å²) in [5, 5.41) is 0. The fraction of sp³-hybridized carbons (Fsp3) is 0.333. The van der Waals surface area contributed by atoms with Gasteiger partial charge in [-0.2, -0.15) is 8.78 Å². The quantitative estimate of drug-likeness (QED) is 0.474. The number of aryl methyl sites for hydroxylation is 1. The Morgan fingerprint density at radius 1 is 1.33 bits per heavy atom. The minimum absolute atomic E-state index is 0.0421. The fourth-order valence-corrected chi connectivity index (χ4v) is 1.31. The Balaban J connectivity index is 3.14. The van der Waals surface area contributed by atoms with Crippen molar-refractivity contribution in [2.75, 3.05) is 6.61 Å². The van der Waals surface area contributed by atoms with Crippen LogP contribution in [0.25, 0.3) is 0 Å². The maximum Gasteiger partial charge on any atom is 0.404 e. The van der Waals surface area contributed by atoms with Gasteiger partial charge in [0.05, 0.1) is 12.2 Å². The Kier molecular flexibility index (Phi) is 4.11. The molecule has 0 bridgehead atoms. The van der Waals surface area contributed by atoms with Gasteiger partial charge >= 0.3 is 11.9 Å². The van der Waals surface area contributed by atoms with Crippen LogP contribution in [-0.4, -0.2) is 24.3 Å². The van der Waals surface area contributed by atoms with E-state index in [9.17, 15) is 22.8 Å². The van der Waals surface area contributed by atoms with Gasteiger partial charge in [0.2, 0.25) is 5.78 Å². The maximum atomic E-state index is 13.5. The molecule has 0 aliphatic carbocycles. The van der Waals surface area contributed by atoms with Gasteiger partial charge in [-0.15, -0.1) is 0 Å². The molecule has 0 unspecified atom stereocenters. The van der Waals surface area contributed by atoms with Crippen molar-refractivity contribution in [2.45, 2.75) is 19.8 Å². The lowest BCUT2D eigenvalue weighted by molar-refractivity contribution is -0.164. The average Bonchev–Trinajstić information content (AvgIpc) is 2.32. The second-order valence-corrected chi connectivity index (χ2v) is 3.56. The van der Waals surface area contributed by atoms with Crippen molar-refractivity contribution in [3.8, 4) is 0 Å². The number of carbonyl (C=O) groups excluding carboxylic acids is 2. The molecular formula is C12H11F3O3. The summed E-state index contributed by atoms with van der Waals surface area (Å²) in [4.78, 5) is 22.4. The molecule has 98 valence electrons. The van der Waals surface area contributed by atoms with Crippen molar-refractivity contribution >= 4 is 11.8 Å². The molecule has 3 nitrogen and oxygen atoms in total. The summed E-state index contributed by atoms with van der Waals surface area (Å²) in [6.07, 6.45) is 0. The number of alkyl halides is 2. The van der Waals surface area contributed by atoms with Gasteiger partial charge in [-0.3, -0.25) is 4.79 Å². The molecule has 6 heteroatoms. The molecule has 0 amide bonds. The summed E-state index contributed by atoms with van der Waals surface area (Å²) in [5.41, 5.74) is -0.784. The lowest BCUT2D eigenvalue weighted by Gasteiger charge is -2.14. The topological polar surface area (TPSA) is 43.4 Å². The smallest absolute Gasteiger partial charge is 0.404 e. The molecule has 1 aromatic carbocycles. The first-order valence-electron chi connectivity index (χ1n) is 5.17. The molecule has 0 radical (unpaired) electrons. The standard InChI is InChI=1S/C12H11F3O3/c1-3-18-11(17)12(14,15)10(16)8-6-4-5-7(2)9(8)13/h4-6H,3H2,1-2H3. The number of carbonyl (C=O) groups is 2. The second kappa shape index (κ2) is 5.20. The molecule has 18 heavy (non-hydrogen) atoms. The summed E-state index contributed by atoms with van der Waals surface area (Å²) in [6.45, 7) is 2.36. The largest absolute Gasteiger partial charge is 0.461 e. The van der Waals surface area contributed by atoms with E-state index in [4.69, 9.17) is 0 Å². The molecule has 0 saturated heterocycles. The SMILES string of the molecule is CCOC(=O)C(F)(F)C(=O)c1cccc(C)c1F. The number of halogens is 3. The van der Waals surface area contributed by atoms with Crippen LogP contribution in [0.15, 0.2) is 18.2 Å². The number of Topliss-reactive ketones (excluding diaryl/α,β-unsaturated/α-hetero) is 1. The third-order valence-corrected chi connectivity index (χ3v) is 2.25. The first-order valence-corrected chi connectivity index (χ1v) is 5.17. The number of hydrogen-bond donors (Lipinski definition) is 0. The van der Waals surface area contributed by atoms with Gasteiger partial charge in [0.15, 0.2) is 0 Å². The summed E-state index contributed by atoms with van der Waals surface area (Å²) < 4.78 is 44.4. The third kappa shape index (κ3) is 2.52. The second-order valence-electron chi connectivity index (χ2n) is 3.56. The number of benzene rings is 1. The molecule has 0 heterocycles. The van der Waals surface area contributed by atoms with Crippen molar-refractivity contribution in [3.63, 3.8) is 0 Å². The van der Waals surface area contributed by atoms with Crippen molar-refractivity contribution in [1.29, 1.82) is 0 Å². The van der Waals surface area contributed by atoms with Gasteiger partial charge in [0, 0.05) is 0 Å². The van der Waals surface area contributed by atoms with E-state index in [1.807, 2.05) is 0 Å². The zero-order valence-corrected chi connectivity index (χ0v) is 9.80. The Labute approximate surface area is 102 Å². The molecule has 0 atom stereocenters. The Hall–Kier alpha value is -1.85. The molecule has 0 spiro atoms. The van der Waals surface area contributed by atoms with E-state index in [2.05, 4.69) is 4.74 Å². The van der Waals surface area contributed by atoms with Crippen LogP contribution < -0.4 is 0 Å². The Bertz CT molecular complexity index is 483. The highest BCUT2D eigenvalue weighted by molar-refractivity contribution is 6.14. The molecule has 0 N–H and O–H groups in total. The molecule has 1 rings (SSSR count). The average molecular weight is 260 g/mol. The molecule has 0 fully saturated rings. The van der Waals surface area contributed by atoms with Crippen molar-refractivity contribution < 1.29 is 27.5 Å². The Morgan fingerprint density at radius 2 is 1.94 bits per heavy atom. The predicted molar refractivity (Wildman–Crippen MR) is 57.0 cm³/mol. The first-order chi connectivity index (χ1) is 8.32. The van der Waals surface area contributed by atoms with Gasteiger partial charge in [-0.1, -0.05) is 12.1 Å². The van der Waals surface area contributed by atoms with Gasteiger partial charge < -0.3 is 4.74 Å². The molecular weight excluding hydrogens is 249 g/mol. The summed E-state index contributed by atoms with van der Waals surface area (Å²) >= 11 is 0. The molecule has 0 saturated carbocycles.